The molecule has 2 aromatic carbocycles. The predicted molar refractivity (Wildman–Crippen MR) is 83.5 cm³/mol. The Kier molecular flexibility index (Phi) is 5.17. The van der Waals surface area contributed by atoms with Crippen LogP contribution in [0.4, 0.5) is 0 Å². The van der Waals surface area contributed by atoms with Crippen LogP contribution in [0.2, 0.25) is 0 Å². The molecular formula is C17H21NO3. The molecule has 0 fully saturated rings. The lowest BCUT2D eigenvalue weighted by Crippen LogP contribution is -2.45. The third-order valence-corrected chi connectivity index (χ3v) is 3.18. The normalized spacial score (nSPS) is 12.4. The molecule has 0 aliphatic heterocycles. The molecule has 2 aromatic rings. The second-order valence-corrected chi connectivity index (χ2v) is 5.19. The number of nitrogens with one attached hydrogen (secondary N) is 1. The molecule has 0 heterocycles. The van der Waals surface area contributed by atoms with Crippen molar-refractivity contribution in [3.05, 3.63) is 42.5 Å². The molecule has 0 radical (unpaired) electrons. The summed E-state index contributed by atoms with van der Waals surface area (Å²) in [5.74, 6) is 0.455. The van der Waals surface area contributed by atoms with E-state index in [1.54, 1.807) is 0 Å². The van der Waals surface area contributed by atoms with E-state index in [9.17, 15) is 4.79 Å². The minimum absolute atomic E-state index is 0.171. The Hall–Kier alpha value is -2.07. The first-order chi connectivity index (χ1) is 10.1. The Morgan fingerprint density at radius 2 is 1.86 bits per heavy atom. The van der Waals surface area contributed by atoms with Gasteiger partial charge in [-0.3, -0.25) is 10.1 Å². The molecular weight excluding hydrogens is 266 g/mol. The Labute approximate surface area is 125 Å². The van der Waals surface area contributed by atoms with E-state index in [0.717, 1.165) is 16.5 Å². The van der Waals surface area contributed by atoms with Crippen LogP contribution in [-0.2, 0) is 9.53 Å². The fourth-order valence-corrected chi connectivity index (χ4v) is 2.22. The van der Waals surface area contributed by atoms with Gasteiger partial charge in [-0.2, -0.15) is 0 Å². The number of fused-ring (bicyclic) bond motifs is 1. The molecule has 0 bridgehead atoms. The number of carbonyl (C=O) groups is 1. The van der Waals surface area contributed by atoms with Gasteiger partial charge < -0.3 is 9.47 Å². The Morgan fingerprint density at radius 1 is 1.14 bits per heavy atom. The highest BCUT2D eigenvalue weighted by atomic mass is 16.5. The molecule has 0 spiro atoms. The summed E-state index contributed by atoms with van der Waals surface area (Å²) in [6, 6.07) is 13.6. The zero-order chi connectivity index (χ0) is 15.2. The molecule has 1 N–H and O–H groups in total. The van der Waals surface area contributed by atoms with Crippen LogP contribution in [0.1, 0.15) is 13.8 Å². The number of hydrogen-bond donors (Lipinski definition) is 1. The molecule has 21 heavy (non-hydrogen) atoms. The lowest BCUT2D eigenvalue weighted by atomic mass is 10.1. The largest absolute Gasteiger partial charge is 0.491 e. The van der Waals surface area contributed by atoms with Gasteiger partial charge in [0.05, 0.1) is 7.11 Å². The van der Waals surface area contributed by atoms with Crippen LogP contribution < -0.4 is 10.1 Å². The van der Waals surface area contributed by atoms with Gasteiger partial charge in [-0.25, -0.2) is 0 Å². The quantitative estimate of drug-likeness (QED) is 0.830. The van der Waals surface area contributed by atoms with Crippen molar-refractivity contribution < 1.29 is 14.3 Å². The SMILES string of the molecule is COC(=O)C(COc1cccc2ccccc12)NC(C)C. The molecule has 4 heteroatoms. The number of rotatable bonds is 6. The highest BCUT2D eigenvalue weighted by molar-refractivity contribution is 5.88. The minimum Gasteiger partial charge on any atom is -0.491 e. The molecule has 1 atom stereocenters. The zero-order valence-electron chi connectivity index (χ0n) is 12.6. The van der Waals surface area contributed by atoms with Crippen molar-refractivity contribution in [1.82, 2.24) is 5.32 Å². The van der Waals surface area contributed by atoms with Crippen molar-refractivity contribution in [2.24, 2.45) is 0 Å². The van der Waals surface area contributed by atoms with E-state index >= 15 is 0 Å². The van der Waals surface area contributed by atoms with E-state index in [2.05, 4.69) is 5.32 Å². The van der Waals surface area contributed by atoms with Gasteiger partial charge >= 0.3 is 5.97 Å². The first-order valence-electron chi connectivity index (χ1n) is 7.06. The lowest BCUT2D eigenvalue weighted by Gasteiger charge is -2.20. The molecule has 0 saturated heterocycles. The minimum atomic E-state index is -0.478. The van der Waals surface area contributed by atoms with E-state index in [1.165, 1.54) is 7.11 Å². The number of methoxy groups -OCH3 is 1. The number of ether oxygens (including phenoxy) is 2. The van der Waals surface area contributed by atoms with E-state index in [4.69, 9.17) is 9.47 Å². The van der Waals surface area contributed by atoms with Crippen LogP contribution in [0.5, 0.6) is 5.75 Å². The van der Waals surface area contributed by atoms with Gasteiger partial charge in [0.2, 0.25) is 0 Å². The Bertz CT molecular complexity index is 605. The van der Waals surface area contributed by atoms with Crippen molar-refractivity contribution in [3.8, 4) is 5.75 Å². The van der Waals surface area contributed by atoms with Gasteiger partial charge in [-0.15, -0.1) is 0 Å². The standard InChI is InChI=1S/C17H21NO3/c1-12(2)18-15(17(19)20-3)11-21-16-10-6-8-13-7-4-5-9-14(13)16/h4-10,12,15,18H,11H2,1-3H3. The second-order valence-electron chi connectivity index (χ2n) is 5.19. The van der Waals surface area contributed by atoms with Crippen LogP contribution in [-0.4, -0.2) is 31.8 Å². The van der Waals surface area contributed by atoms with Crippen molar-refractivity contribution in [2.45, 2.75) is 25.9 Å². The van der Waals surface area contributed by atoms with Crippen LogP contribution in [0, 0.1) is 0 Å². The fraction of sp³-hybridized carbons (Fsp3) is 0.353. The average Bonchev–Trinajstić information content (AvgIpc) is 2.50. The van der Waals surface area contributed by atoms with E-state index in [1.807, 2.05) is 56.3 Å². The summed E-state index contributed by atoms with van der Waals surface area (Å²) in [7, 11) is 1.38. The first-order valence-corrected chi connectivity index (χ1v) is 7.06. The molecule has 0 aromatic heterocycles. The lowest BCUT2D eigenvalue weighted by molar-refractivity contribution is -0.144. The molecule has 4 nitrogen and oxygen atoms in total. The second kappa shape index (κ2) is 7.09. The molecule has 112 valence electrons. The summed E-state index contributed by atoms with van der Waals surface area (Å²) in [6.45, 7) is 4.20. The Balaban J connectivity index is 2.13. The first kappa shape index (κ1) is 15.3. The van der Waals surface area contributed by atoms with Gasteiger partial charge in [0.25, 0.3) is 0 Å². The van der Waals surface area contributed by atoms with E-state index < -0.39 is 6.04 Å². The summed E-state index contributed by atoms with van der Waals surface area (Å²) in [4.78, 5) is 11.8. The maximum absolute atomic E-state index is 11.8. The maximum atomic E-state index is 11.8. The zero-order valence-corrected chi connectivity index (χ0v) is 12.6. The van der Waals surface area contributed by atoms with Crippen LogP contribution in [0.3, 0.4) is 0 Å². The summed E-state index contributed by atoms with van der Waals surface area (Å²) in [6.07, 6.45) is 0. The van der Waals surface area contributed by atoms with Crippen molar-refractivity contribution in [2.75, 3.05) is 13.7 Å². The monoisotopic (exact) mass is 287 g/mol. The summed E-state index contributed by atoms with van der Waals surface area (Å²) in [5, 5.41) is 5.30. The number of esters is 1. The molecule has 0 saturated carbocycles. The van der Waals surface area contributed by atoms with Crippen molar-refractivity contribution in [1.29, 1.82) is 0 Å². The number of hydrogen-bond acceptors (Lipinski definition) is 4. The van der Waals surface area contributed by atoms with Crippen LogP contribution in [0.25, 0.3) is 10.8 Å². The van der Waals surface area contributed by atoms with Gasteiger partial charge in [0.15, 0.2) is 0 Å². The number of benzene rings is 2. The molecule has 2 rings (SSSR count). The van der Waals surface area contributed by atoms with Crippen LogP contribution in [0.15, 0.2) is 42.5 Å². The van der Waals surface area contributed by atoms with Crippen LogP contribution >= 0.6 is 0 Å². The third-order valence-electron chi connectivity index (χ3n) is 3.18. The molecule has 1 unspecified atom stereocenters. The highest BCUT2D eigenvalue weighted by Gasteiger charge is 2.20. The number of carbonyl (C=O) groups excluding carboxylic acids is 1. The van der Waals surface area contributed by atoms with Gasteiger partial charge in [-0.1, -0.05) is 50.2 Å². The fourth-order valence-electron chi connectivity index (χ4n) is 2.22. The molecule has 0 aliphatic rings. The van der Waals surface area contributed by atoms with E-state index in [-0.39, 0.29) is 18.6 Å². The molecule has 0 amide bonds. The third kappa shape index (κ3) is 3.95. The van der Waals surface area contributed by atoms with Crippen molar-refractivity contribution in [3.63, 3.8) is 0 Å². The van der Waals surface area contributed by atoms with Crippen molar-refractivity contribution >= 4 is 16.7 Å². The van der Waals surface area contributed by atoms with Gasteiger partial charge in [0.1, 0.15) is 18.4 Å². The summed E-state index contributed by atoms with van der Waals surface area (Å²) < 4.78 is 10.6. The summed E-state index contributed by atoms with van der Waals surface area (Å²) in [5.41, 5.74) is 0. The van der Waals surface area contributed by atoms with E-state index in [0.29, 0.717) is 0 Å². The van der Waals surface area contributed by atoms with Gasteiger partial charge in [-0.05, 0) is 11.5 Å². The maximum Gasteiger partial charge on any atom is 0.326 e. The Morgan fingerprint density at radius 3 is 2.57 bits per heavy atom. The smallest absolute Gasteiger partial charge is 0.326 e. The predicted octanol–water partition coefficient (Wildman–Crippen LogP) is 2.76. The molecule has 0 aliphatic carbocycles. The summed E-state index contributed by atoms with van der Waals surface area (Å²) >= 11 is 0. The van der Waals surface area contributed by atoms with Gasteiger partial charge in [0, 0.05) is 11.4 Å². The topological polar surface area (TPSA) is 47.6 Å². The average molecular weight is 287 g/mol. The highest BCUT2D eigenvalue weighted by Crippen LogP contribution is 2.25.